The average molecular weight is 228 g/mol. The third kappa shape index (κ3) is 3.52. The summed E-state index contributed by atoms with van der Waals surface area (Å²) >= 11 is 5.43. The Bertz CT molecular complexity index is 416. The highest BCUT2D eigenvalue weighted by Gasteiger charge is 2.09. The summed E-state index contributed by atoms with van der Waals surface area (Å²) in [5.41, 5.74) is 0. The van der Waals surface area contributed by atoms with Crippen LogP contribution in [-0.2, 0) is 4.79 Å². The fourth-order valence-electron chi connectivity index (χ4n) is 0.814. The Morgan fingerprint density at radius 3 is 3.13 bits per heavy atom. The van der Waals surface area contributed by atoms with Gasteiger partial charge in [-0.1, -0.05) is 0 Å². The molecule has 0 unspecified atom stereocenters. The van der Waals surface area contributed by atoms with Crippen molar-refractivity contribution in [3.05, 3.63) is 17.3 Å². The number of hydrogen-bond acceptors (Lipinski definition) is 3. The lowest BCUT2D eigenvalue weighted by atomic mass is 10.3. The minimum Gasteiger partial charge on any atom is -0.308 e. The molecule has 0 spiro atoms. The van der Waals surface area contributed by atoms with Gasteiger partial charge in [0.15, 0.2) is 11.6 Å². The van der Waals surface area contributed by atoms with Gasteiger partial charge in [0, 0.05) is 12.8 Å². The van der Waals surface area contributed by atoms with Gasteiger partial charge in [-0.05, 0) is 11.6 Å². The number of anilines is 1. The molecule has 0 aliphatic heterocycles. The molecule has 0 aromatic carbocycles. The van der Waals surface area contributed by atoms with Gasteiger partial charge >= 0.3 is 0 Å². The number of terminal acetylenes is 1. The first kappa shape index (κ1) is 11.4. The van der Waals surface area contributed by atoms with Crippen LogP contribution in [0.2, 0.25) is 5.28 Å². The second kappa shape index (κ2) is 5.27. The largest absolute Gasteiger partial charge is 0.308 e. The number of carbonyl (C=O) groups is 1. The van der Waals surface area contributed by atoms with Crippen molar-refractivity contribution in [3.8, 4) is 12.3 Å². The SMILES string of the molecule is C#CCCC(=O)Nc1nc(Cl)ncc1F. The van der Waals surface area contributed by atoms with Gasteiger partial charge in [-0.3, -0.25) is 4.79 Å². The minimum absolute atomic E-state index is 0.109. The molecule has 1 aromatic rings. The minimum atomic E-state index is -0.742. The number of aromatic nitrogens is 2. The van der Waals surface area contributed by atoms with E-state index in [0.717, 1.165) is 6.20 Å². The number of carbonyl (C=O) groups excluding carboxylic acids is 1. The van der Waals surface area contributed by atoms with Gasteiger partial charge in [0.2, 0.25) is 11.2 Å². The topological polar surface area (TPSA) is 54.9 Å². The van der Waals surface area contributed by atoms with Gasteiger partial charge in [0.25, 0.3) is 0 Å². The van der Waals surface area contributed by atoms with Crippen LogP contribution < -0.4 is 5.32 Å². The summed E-state index contributed by atoms with van der Waals surface area (Å²) in [5.74, 6) is 0.901. The zero-order valence-electron chi connectivity index (χ0n) is 7.63. The summed E-state index contributed by atoms with van der Waals surface area (Å²) in [6, 6.07) is 0. The lowest BCUT2D eigenvalue weighted by molar-refractivity contribution is -0.116. The van der Waals surface area contributed by atoms with Crippen LogP contribution in [0.3, 0.4) is 0 Å². The maximum atomic E-state index is 13.0. The summed E-state index contributed by atoms with van der Waals surface area (Å²) in [7, 11) is 0. The molecule has 1 heterocycles. The Hall–Kier alpha value is -1.67. The van der Waals surface area contributed by atoms with E-state index in [4.69, 9.17) is 18.0 Å². The Labute approximate surface area is 90.9 Å². The molecule has 4 nitrogen and oxygen atoms in total. The molecule has 6 heteroatoms. The number of nitrogens with zero attached hydrogens (tertiary/aromatic N) is 2. The fourth-order valence-corrected chi connectivity index (χ4v) is 0.947. The fraction of sp³-hybridized carbons (Fsp3) is 0.222. The van der Waals surface area contributed by atoms with E-state index in [9.17, 15) is 9.18 Å². The summed E-state index contributed by atoms with van der Waals surface area (Å²) in [6.45, 7) is 0. The number of hydrogen-bond donors (Lipinski definition) is 1. The molecule has 1 N–H and O–H groups in total. The highest BCUT2D eigenvalue weighted by molar-refractivity contribution is 6.28. The maximum absolute atomic E-state index is 13.0. The molecule has 15 heavy (non-hydrogen) atoms. The molecule has 78 valence electrons. The van der Waals surface area contributed by atoms with E-state index in [2.05, 4.69) is 21.2 Å². The van der Waals surface area contributed by atoms with Crippen molar-refractivity contribution >= 4 is 23.3 Å². The molecule has 0 aliphatic carbocycles. The lowest BCUT2D eigenvalue weighted by Gasteiger charge is -2.03. The van der Waals surface area contributed by atoms with E-state index < -0.39 is 11.7 Å². The summed E-state index contributed by atoms with van der Waals surface area (Å²) < 4.78 is 13.0. The zero-order chi connectivity index (χ0) is 11.3. The van der Waals surface area contributed by atoms with Crippen molar-refractivity contribution in [2.45, 2.75) is 12.8 Å². The molecule has 0 aliphatic rings. The number of halogens is 2. The van der Waals surface area contributed by atoms with Crippen LogP contribution >= 0.6 is 11.6 Å². The van der Waals surface area contributed by atoms with Crippen LogP contribution in [0.5, 0.6) is 0 Å². The molecule has 0 radical (unpaired) electrons. The maximum Gasteiger partial charge on any atom is 0.226 e. The smallest absolute Gasteiger partial charge is 0.226 e. The third-order valence-corrected chi connectivity index (χ3v) is 1.65. The van der Waals surface area contributed by atoms with Crippen molar-refractivity contribution in [2.24, 2.45) is 0 Å². The first-order valence-corrected chi connectivity index (χ1v) is 4.42. The molecule has 0 atom stereocenters. The molecule has 1 aromatic heterocycles. The Kier molecular flexibility index (Phi) is 4.01. The van der Waals surface area contributed by atoms with Crippen molar-refractivity contribution in [3.63, 3.8) is 0 Å². The monoisotopic (exact) mass is 227 g/mol. The van der Waals surface area contributed by atoms with Crippen molar-refractivity contribution in [2.75, 3.05) is 5.32 Å². The van der Waals surface area contributed by atoms with Gasteiger partial charge in [0.1, 0.15) is 0 Å². The van der Waals surface area contributed by atoms with Crippen molar-refractivity contribution < 1.29 is 9.18 Å². The molecular weight excluding hydrogens is 221 g/mol. The van der Waals surface area contributed by atoms with Crippen LogP contribution in [0.4, 0.5) is 10.2 Å². The Balaban J connectivity index is 2.68. The molecule has 1 rings (SSSR count). The second-order valence-electron chi connectivity index (χ2n) is 2.59. The summed E-state index contributed by atoms with van der Waals surface area (Å²) in [4.78, 5) is 18.1. The normalized spacial score (nSPS) is 9.40. The number of amides is 1. The Morgan fingerprint density at radius 2 is 2.47 bits per heavy atom. The van der Waals surface area contributed by atoms with Crippen LogP contribution in [0, 0.1) is 18.2 Å². The zero-order valence-corrected chi connectivity index (χ0v) is 8.38. The first-order valence-electron chi connectivity index (χ1n) is 4.05. The highest BCUT2D eigenvalue weighted by Crippen LogP contribution is 2.12. The van der Waals surface area contributed by atoms with E-state index in [1.165, 1.54) is 0 Å². The molecular formula is C9H7ClFN3O. The second-order valence-corrected chi connectivity index (χ2v) is 2.93. The lowest BCUT2D eigenvalue weighted by Crippen LogP contribution is -2.13. The number of rotatable bonds is 3. The molecule has 1 amide bonds. The predicted molar refractivity (Wildman–Crippen MR) is 53.7 cm³/mol. The molecule has 0 fully saturated rings. The summed E-state index contributed by atoms with van der Waals surface area (Å²) in [5, 5.41) is 2.11. The van der Waals surface area contributed by atoms with Gasteiger partial charge in [-0.25, -0.2) is 9.37 Å². The quantitative estimate of drug-likeness (QED) is 0.631. The highest BCUT2D eigenvalue weighted by atomic mass is 35.5. The van der Waals surface area contributed by atoms with E-state index in [-0.39, 0.29) is 23.9 Å². The standard InChI is InChI=1S/C9H7ClFN3O/c1-2-3-4-7(15)13-8-6(11)5-12-9(10)14-8/h1,5H,3-4H2,(H,12,13,14,15). The van der Waals surface area contributed by atoms with E-state index in [1.54, 1.807) is 0 Å². The average Bonchev–Trinajstić information content (AvgIpc) is 2.20. The van der Waals surface area contributed by atoms with Crippen molar-refractivity contribution in [1.29, 1.82) is 0 Å². The molecule has 0 saturated carbocycles. The van der Waals surface area contributed by atoms with Gasteiger partial charge in [-0.15, -0.1) is 12.3 Å². The first-order chi connectivity index (χ1) is 7.13. The molecule has 0 bridgehead atoms. The van der Waals surface area contributed by atoms with E-state index in [0.29, 0.717) is 0 Å². The van der Waals surface area contributed by atoms with Gasteiger partial charge < -0.3 is 5.32 Å². The van der Waals surface area contributed by atoms with E-state index in [1.807, 2.05) is 0 Å². The van der Waals surface area contributed by atoms with Crippen molar-refractivity contribution in [1.82, 2.24) is 9.97 Å². The Morgan fingerprint density at radius 1 is 1.73 bits per heavy atom. The van der Waals surface area contributed by atoms with Crippen LogP contribution in [0.15, 0.2) is 6.20 Å². The van der Waals surface area contributed by atoms with Crippen LogP contribution in [0.25, 0.3) is 0 Å². The molecule has 0 saturated heterocycles. The number of nitrogens with one attached hydrogen (secondary N) is 1. The summed E-state index contributed by atoms with van der Waals surface area (Å²) in [6.07, 6.45) is 6.25. The van der Waals surface area contributed by atoms with Crippen LogP contribution in [-0.4, -0.2) is 15.9 Å². The van der Waals surface area contributed by atoms with Crippen LogP contribution in [0.1, 0.15) is 12.8 Å². The predicted octanol–water partition coefficient (Wildman–Crippen LogP) is 1.62. The van der Waals surface area contributed by atoms with Gasteiger partial charge in [0.05, 0.1) is 6.20 Å². The van der Waals surface area contributed by atoms with E-state index >= 15 is 0 Å². The third-order valence-electron chi connectivity index (χ3n) is 1.47. The van der Waals surface area contributed by atoms with Gasteiger partial charge in [-0.2, -0.15) is 4.98 Å².